The lowest BCUT2D eigenvalue weighted by atomic mass is 10.2. The minimum atomic E-state index is -0.700. The maximum atomic E-state index is 11.9. The van der Waals surface area contributed by atoms with Gasteiger partial charge in [0.2, 0.25) is 5.91 Å². The number of hydrazine groups is 1. The van der Waals surface area contributed by atoms with E-state index in [2.05, 4.69) is 16.2 Å². The molecule has 0 bridgehead atoms. The van der Waals surface area contributed by atoms with Gasteiger partial charge in [0.1, 0.15) is 5.75 Å². The third-order valence-corrected chi connectivity index (χ3v) is 4.27. The Kier molecular flexibility index (Phi) is 9.99. The molecule has 0 aliphatic heterocycles. The van der Waals surface area contributed by atoms with Crippen LogP contribution in [0.25, 0.3) is 0 Å². The van der Waals surface area contributed by atoms with Crippen molar-refractivity contribution in [3.8, 4) is 5.75 Å². The molecule has 2 aromatic rings. The van der Waals surface area contributed by atoms with Gasteiger partial charge in [-0.2, -0.15) is 0 Å². The second-order valence-corrected chi connectivity index (χ2v) is 6.97. The van der Waals surface area contributed by atoms with Crippen molar-refractivity contribution in [3.05, 3.63) is 59.1 Å². The summed E-state index contributed by atoms with van der Waals surface area (Å²) in [4.78, 5) is 47.2. The SMILES string of the molecule is CCOc1ccc(NC(=O)CCCC(=O)OCC(=O)NNC(=O)c2ccc(Cl)cc2)cc1. The molecule has 9 nitrogen and oxygen atoms in total. The minimum Gasteiger partial charge on any atom is -0.494 e. The lowest BCUT2D eigenvalue weighted by Crippen LogP contribution is -2.43. The fraction of sp³-hybridized carbons (Fsp3) is 0.273. The van der Waals surface area contributed by atoms with Crippen molar-refractivity contribution in [2.45, 2.75) is 26.2 Å². The van der Waals surface area contributed by atoms with Gasteiger partial charge in [-0.25, -0.2) is 0 Å². The van der Waals surface area contributed by atoms with E-state index in [-0.39, 0.29) is 25.2 Å². The van der Waals surface area contributed by atoms with Gasteiger partial charge < -0.3 is 14.8 Å². The molecule has 0 radical (unpaired) electrons. The second-order valence-electron chi connectivity index (χ2n) is 6.53. The summed E-state index contributed by atoms with van der Waals surface area (Å²) in [6, 6.07) is 13.0. The molecule has 2 rings (SSSR count). The van der Waals surface area contributed by atoms with Crippen molar-refractivity contribution >= 4 is 41.0 Å². The van der Waals surface area contributed by atoms with Crippen LogP contribution in [0, 0.1) is 0 Å². The first-order valence-electron chi connectivity index (χ1n) is 9.90. The van der Waals surface area contributed by atoms with E-state index in [1.807, 2.05) is 6.92 Å². The molecule has 2 aromatic carbocycles. The van der Waals surface area contributed by atoms with Crippen molar-refractivity contribution in [2.75, 3.05) is 18.5 Å². The highest BCUT2D eigenvalue weighted by Gasteiger charge is 2.11. The summed E-state index contributed by atoms with van der Waals surface area (Å²) in [6.07, 6.45) is 0.351. The summed E-state index contributed by atoms with van der Waals surface area (Å²) >= 11 is 5.74. The number of hydrogen-bond acceptors (Lipinski definition) is 6. The zero-order valence-electron chi connectivity index (χ0n) is 17.5. The van der Waals surface area contributed by atoms with Gasteiger partial charge in [0.15, 0.2) is 6.61 Å². The quantitative estimate of drug-likeness (QED) is 0.369. The number of hydrogen-bond donors (Lipinski definition) is 3. The molecule has 0 aromatic heterocycles. The number of halogens is 1. The highest BCUT2D eigenvalue weighted by atomic mass is 35.5. The molecule has 3 N–H and O–H groups in total. The predicted molar refractivity (Wildman–Crippen MR) is 118 cm³/mol. The van der Waals surface area contributed by atoms with E-state index in [4.69, 9.17) is 21.1 Å². The van der Waals surface area contributed by atoms with Gasteiger partial charge in [0.25, 0.3) is 11.8 Å². The van der Waals surface area contributed by atoms with Crippen LogP contribution in [-0.4, -0.2) is 36.9 Å². The Morgan fingerprint density at radius 3 is 2.22 bits per heavy atom. The van der Waals surface area contributed by atoms with E-state index >= 15 is 0 Å². The normalized spacial score (nSPS) is 10.1. The lowest BCUT2D eigenvalue weighted by molar-refractivity contribution is -0.148. The van der Waals surface area contributed by atoms with Gasteiger partial charge in [-0.15, -0.1) is 0 Å². The largest absolute Gasteiger partial charge is 0.494 e. The molecule has 0 aliphatic carbocycles. The van der Waals surface area contributed by atoms with Crippen molar-refractivity contribution in [3.63, 3.8) is 0 Å². The molecule has 10 heteroatoms. The third-order valence-electron chi connectivity index (χ3n) is 4.02. The van der Waals surface area contributed by atoms with Crippen LogP contribution in [0.3, 0.4) is 0 Å². The molecule has 0 unspecified atom stereocenters. The van der Waals surface area contributed by atoms with Crippen molar-refractivity contribution < 1.29 is 28.7 Å². The highest BCUT2D eigenvalue weighted by molar-refractivity contribution is 6.30. The molecule has 0 saturated carbocycles. The zero-order chi connectivity index (χ0) is 23.3. The number of carbonyl (C=O) groups is 4. The average Bonchev–Trinajstić information content (AvgIpc) is 2.78. The maximum Gasteiger partial charge on any atom is 0.306 e. The Balaban J connectivity index is 1.59. The average molecular weight is 462 g/mol. The van der Waals surface area contributed by atoms with Crippen molar-refractivity contribution in [2.24, 2.45) is 0 Å². The summed E-state index contributed by atoms with van der Waals surface area (Å²) < 4.78 is 10.2. The monoisotopic (exact) mass is 461 g/mol. The van der Waals surface area contributed by atoms with E-state index < -0.39 is 24.4 Å². The van der Waals surface area contributed by atoms with Crippen molar-refractivity contribution in [1.29, 1.82) is 0 Å². The number of nitrogens with one attached hydrogen (secondary N) is 3. The molecule has 0 saturated heterocycles. The topological polar surface area (TPSA) is 123 Å². The van der Waals surface area contributed by atoms with Gasteiger partial charge in [0.05, 0.1) is 6.61 Å². The Bertz CT molecular complexity index is 932. The third kappa shape index (κ3) is 9.05. The molecular weight excluding hydrogens is 438 g/mol. The van der Waals surface area contributed by atoms with Crippen LogP contribution >= 0.6 is 11.6 Å². The van der Waals surface area contributed by atoms with Crippen LogP contribution < -0.4 is 20.9 Å². The molecule has 0 heterocycles. The van der Waals surface area contributed by atoms with Gasteiger partial charge in [-0.1, -0.05) is 11.6 Å². The first-order chi connectivity index (χ1) is 15.4. The standard InChI is InChI=1S/C22H24ClN3O6/c1-2-31-18-12-10-17(11-13-18)24-19(27)4-3-5-21(29)32-14-20(28)25-26-22(30)15-6-8-16(23)9-7-15/h6-13H,2-5,14H2,1H3,(H,24,27)(H,25,28)(H,26,30). The van der Waals surface area contributed by atoms with Gasteiger partial charge in [0, 0.05) is 29.1 Å². The number of carbonyl (C=O) groups excluding carboxylic acids is 4. The summed E-state index contributed by atoms with van der Waals surface area (Å²) in [5.74, 6) is -1.40. The van der Waals surface area contributed by atoms with E-state index in [0.717, 1.165) is 0 Å². The fourth-order valence-electron chi connectivity index (χ4n) is 2.47. The first kappa shape index (κ1) is 24.7. The van der Waals surface area contributed by atoms with Crippen LogP contribution in [0.15, 0.2) is 48.5 Å². The van der Waals surface area contributed by atoms with Crippen molar-refractivity contribution in [1.82, 2.24) is 10.9 Å². The molecule has 3 amide bonds. The molecular formula is C22H24ClN3O6. The van der Waals surface area contributed by atoms with E-state index in [1.54, 1.807) is 36.4 Å². The Hall–Kier alpha value is -3.59. The van der Waals surface area contributed by atoms with E-state index in [1.165, 1.54) is 12.1 Å². The zero-order valence-corrected chi connectivity index (χ0v) is 18.2. The number of rotatable bonds is 10. The van der Waals surface area contributed by atoms with Crippen LogP contribution in [-0.2, 0) is 19.1 Å². The number of ether oxygens (including phenoxy) is 2. The smallest absolute Gasteiger partial charge is 0.306 e. The summed E-state index contributed by atoms with van der Waals surface area (Å²) in [6.45, 7) is 1.88. The number of anilines is 1. The molecule has 0 fully saturated rings. The Labute approximate surface area is 190 Å². The predicted octanol–water partition coefficient (Wildman–Crippen LogP) is 2.85. The molecule has 32 heavy (non-hydrogen) atoms. The summed E-state index contributed by atoms with van der Waals surface area (Å²) in [7, 11) is 0. The number of benzene rings is 2. The lowest BCUT2D eigenvalue weighted by Gasteiger charge is -2.09. The summed E-state index contributed by atoms with van der Waals surface area (Å²) in [5, 5.41) is 3.20. The van der Waals surface area contributed by atoms with Gasteiger partial charge >= 0.3 is 5.97 Å². The number of esters is 1. The van der Waals surface area contributed by atoms with Crippen LogP contribution in [0.5, 0.6) is 5.75 Å². The number of amides is 3. The second kappa shape index (κ2) is 13.0. The Morgan fingerprint density at radius 1 is 0.875 bits per heavy atom. The van der Waals surface area contributed by atoms with Crippen LogP contribution in [0.4, 0.5) is 5.69 Å². The van der Waals surface area contributed by atoms with Crippen LogP contribution in [0.2, 0.25) is 5.02 Å². The van der Waals surface area contributed by atoms with Crippen LogP contribution in [0.1, 0.15) is 36.5 Å². The van der Waals surface area contributed by atoms with E-state index in [0.29, 0.717) is 28.6 Å². The molecule has 170 valence electrons. The first-order valence-corrected chi connectivity index (χ1v) is 10.3. The fourth-order valence-corrected chi connectivity index (χ4v) is 2.60. The maximum absolute atomic E-state index is 11.9. The summed E-state index contributed by atoms with van der Waals surface area (Å²) in [5.41, 5.74) is 5.27. The molecule has 0 aliphatic rings. The molecule has 0 atom stereocenters. The Morgan fingerprint density at radius 2 is 1.56 bits per heavy atom. The minimum absolute atomic E-state index is 0.0267. The van der Waals surface area contributed by atoms with Gasteiger partial charge in [-0.05, 0) is 61.9 Å². The highest BCUT2D eigenvalue weighted by Crippen LogP contribution is 2.16. The molecule has 0 spiro atoms. The van der Waals surface area contributed by atoms with Gasteiger partial charge in [-0.3, -0.25) is 30.0 Å². The van der Waals surface area contributed by atoms with E-state index in [9.17, 15) is 19.2 Å².